The van der Waals surface area contributed by atoms with Crippen LogP contribution < -0.4 is 5.32 Å². The molecule has 1 aliphatic rings. The number of hydrogen-bond donors (Lipinski definition) is 1. The van der Waals surface area contributed by atoms with Gasteiger partial charge in [0.25, 0.3) is 0 Å². The zero-order chi connectivity index (χ0) is 12.8. The van der Waals surface area contributed by atoms with Gasteiger partial charge in [0.15, 0.2) is 0 Å². The van der Waals surface area contributed by atoms with Crippen LogP contribution in [-0.4, -0.2) is 25.2 Å². The molecule has 2 rings (SSSR count). The van der Waals surface area contributed by atoms with Crippen LogP contribution in [0.1, 0.15) is 12.5 Å². The van der Waals surface area contributed by atoms with Crippen molar-refractivity contribution in [2.45, 2.75) is 13.0 Å². The first-order valence-electron chi connectivity index (χ1n) is 6.15. The van der Waals surface area contributed by atoms with Crippen LogP contribution in [0.2, 0.25) is 0 Å². The summed E-state index contributed by atoms with van der Waals surface area (Å²) in [6, 6.07) is 9.96. The van der Waals surface area contributed by atoms with E-state index >= 15 is 0 Å². The molecule has 0 fully saturated rings. The first kappa shape index (κ1) is 12.6. The molecule has 1 atom stereocenters. The molecule has 0 saturated carbocycles. The second-order valence-corrected chi connectivity index (χ2v) is 4.04. The standard InChI is InChI=1S/C15H17NO2/c1-2-18-15(17)13-10-11-16-14(13)9-8-12-6-4-3-5-7-12/h3-10,14,16H,2,11H2,1H3/b9-8+. The van der Waals surface area contributed by atoms with E-state index in [1.165, 1.54) is 0 Å². The van der Waals surface area contributed by atoms with E-state index in [2.05, 4.69) is 5.32 Å². The highest BCUT2D eigenvalue weighted by Crippen LogP contribution is 2.13. The Balaban J connectivity index is 2.03. The van der Waals surface area contributed by atoms with Crippen LogP contribution in [0.4, 0.5) is 0 Å². The van der Waals surface area contributed by atoms with Crippen molar-refractivity contribution >= 4 is 12.0 Å². The van der Waals surface area contributed by atoms with Crippen LogP contribution in [0, 0.1) is 0 Å². The molecule has 1 aliphatic heterocycles. The third-order valence-corrected chi connectivity index (χ3v) is 2.79. The molecule has 0 amide bonds. The molecule has 1 heterocycles. The van der Waals surface area contributed by atoms with E-state index in [0.29, 0.717) is 18.7 Å². The van der Waals surface area contributed by atoms with E-state index in [1.807, 2.05) is 55.5 Å². The summed E-state index contributed by atoms with van der Waals surface area (Å²) in [6.07, 6.45) is 5.89. The Bertz CT molecular complexity index is 463. The second-order valence-electron chi connectivity index (χ2n) is 4.04. The summed E-state index contributed by atoms with van der Waals surface area (Å²) in [5, 5.41) is 3.24. The second kappa shape index (κ2) is 6.17. The minimum absolute atomic E-state index is 0.0516. The number of carbonyl (C=O) groups is 1. The predicted octanol–water partition coefficient (Wildman–Crippen LogP) is 2.16. The average molecular weight is 243 g/mol. The van der Waals surface area contributed by atoms with E-state index in [1.54, 1.807) is 0 Å². The van der Waals surface area contributed by atoms with Gasteiger partial charge in [0.2, 0.25) is 0 Å². The Labute approximate surface area is 107 Å². The highest BCUT2D eigenvalue weighted by atomic mass is 16.5. The SMILES string of the molecule is CCOC(=O)C1=CCNC1/C=C/c1ccccc1. The molecule has 0 saturated heterocycles. The molecule has 1 N–H and O–H groups in total. The van der Waals surface area contributed by atoms with Crippen molar-refractivity contribution in [1.29, 1.82) is 0 Å². The van der Waals surface area contributed by atoms with Gasteiger partial charge in [-0.15, -0.1) is 0 Å². The number of carbonyl (C=O) groups excluding carboxylic acids is 1. The van der Waals surface area contributed by atoms with Crippen LogP contribution in [0.5, 0.6) is 0 Å². The van der Waals surface area contributed by atoms with E-state index in [9.17, 15) is 4.79 Å². The van der Waals surface area contributed by atoms with Gasteiger partial charge >= 0.3 is 5.97 Å². The van der Waals surface area contributed by atoms with Gasteiger partial charge in [-0.3, -0.25) is 0 Å². The van der Waals surface area contributed by atoms with E-state index in [4.69, 9.17) is 4.74 Å². The van der Waals surface area contributed by atoms with E-state index in [0.717, 1.165) is 5.56 Å². The molecule has 0 bridgehead atoms. The number of hydrogen-bond acceptors (Lipinski definition) is 3. The predicted molar refractivity (Wildman–Crippen MR) is 72.0 cm³/mol. The van der Waals surface area contributed by atoms with Crippen molar-refractivity contribution in [3.63, 3.8) is 0 Å². The topological polar surface area (TPSA) is 38.3 Å². The number of rotatable bonds is 4. The Hall–Kier alpha value is -1.87. The Morgan fingerprint density at radius 1 is 1.44 bits per heavy atom. The maximum absolute atomic E-state index is 11.7. The lowest BCUT2D eigenvalue weighted by molar-refractivity contribution is -0.138. The quantitative estimate of drug-likeness (QED) is 0.824. The lowest BCUT2D eigenvalue weighted by Crippen LogP contribution is -2.26. The first-order valence-corrected chi connectivity index (χ1v) is 6.15. The molecule has 3 nitrogen and oxygen atoms in total. The van der Waals surface area contributed by atoms with E-state index < -0.39 is 0 Å². The minimum atomic E-state index is -0.231. The number of benzene rings is 1. The summed E-state index contributed by atoms with van der Waals surface area (Å²) < 4.78 is 5.03. The third kappa shape index (κ3) is 3.08. The van der Waals surface area contributed by atoms with Crippen molar-refractivity contribution in [3.8, 4) is 0 Å². The molecular weight excluding hydrogens is 226 g/mol. The smallest absolute Gasteiger partial charge is 0.335 e. The van der Waals surface area contributed by atoms with Gasteiger partial charge in [-0.1, -0.05) is 48.6 Å². The molecule has 1 aromatic rings. The number of ether oxygens (including phenoxy) is 1. The molecule has 1 aromatic carbocycles. The van der Waals surface area contributed by atoms with Crippen molar-refractivity contribution in [2.75, 3.05) is 13.2 Å². The van der Waals surface area contributed by atoms with Crippen LogP contribution in [0.25, 0.3) is 6.08 Å². The fraction of sp³-hybridized carbons (Fsp3) is 0.267. The largest absolute Gasteiger partial charge is 0.463 e. The molecule has 0 aliphatic carbocycles. The van der Waals surface area contributed by atoms with Crippen molar-refractivity contribution in [1.82, 2.24) is 5.32 Å². The summed E-state index contributed by atoms with van der Waals surface area (Å²) in [5.41, 5.74) is 1.82. The fourth-order valence-electron chi connectivity index (χ4n) is 1.90. The minimum Gasteiger partial charge on any atom is -0.463 e. The summed E-state index contributed by atoms with van der Waals surface area (Å²) in [5.74, 6) is -0.231. The summed E-state index contributed by atoms with van der Waals surface area (Å²) in [7, 11) is 0. The summed E-state index contributed by atoms with van der Waals surface area (Å²) in [4.78, 5) is 11.7. The van der Waals surface area contributed by atoms with Crippen molar-refractivity contribution in [2.24, 2.45) is 0 Å². The maximum Gasteiger partial charge on any atom is 0.335 e. The normalized spacial score (nSPS) is 18.9. The summed E-state index contributed by atoms with van der Waals surface area (Å²) >= 11 is 0. The molecule has 18 heavy (non-hydrogen) atoms. The highest BCUT2D eigenvalue weighted by molar-refractivity contribution is 5.91. The maximum atomic E-state index is 11.7. The van der Waals surface area contributed by atoms with Gasteiger partial charge < -0.3 is 10.1 Å². The van der Waals surface area contributed by atoms with Crippen LogP contribution in [0.3, 0.4) is 0 Å². The van der Waals surface area contributed by atoms with Gasteiger partial charge in [0.1, 0.15) is 0 Å². The van der Waals surface area contributed by atoms with Gasteiger partial charge in [0.05, 0.1) is 18.2 Å². The van der Waals surface area contributed by atoms with Crippen molar-refractivity contribution in [3.05, 3.63) is 53.6 Å². The molecule has 1 unspecified atom stereocenters. The van der Waals surface area contributed by atoms with Crippen molar-refractivity contribution < 1.29 is 9.53 Å². The van der Waals surface area contributed by atoms with Crippen LogP contribution in [-0.2, 0) is 9.53 Å². The Kier molecular flexibility index (Phi) is 4.31. The first-order chi connectivity index (χ1) is 8.81. The molecule has 0 aromatic heterocycles. The number of nitrogens with one attached hydrogen (secondary N) is 1. The monoisotopic (exact) mass is 243 g/mol. The third-order valence-electron chi connectivity index (χ3n) is 2.79. The van der Waals surface area contributed by atoms with Crippen LogP contribution >= 0.6 is 0 Å². The van der Waals surface area contributed by atoms with E-state index in [-0.39, 0.29) is 12.0 Å². The highest BCUT2D eigenvalue weighted by Gasteiger charge is 2.23. The van der Waals surface area contributed by atoms with Gasteiger partial charge in [0, 0.05) is 6.54 Å². The lowest BCUT2D eigenvalue weighted by Gasteiger charge is -2.10. The Morgan fingerprint density at radius 3 is 2.94 bits per heavy atom. The molecule has 3 heteroatoms. The fourth-order valence-corrected chi connectivity index (χ4v) is 1.90. The number of esters is 1. The zero-order valence-corrected chi connectivity index (χ0v) is 10.4. The van der Waals surface area contributed by atoms with Gasteiger partial charge in [-0.2, -0.15) is 0 Å². The molecule has 0 radical (unpaired) electrons. The zero-order valence-electron chi connectivity index (χ0n) is 10.4. The molecule has 0 spiro atoms. The van der Waals surface area contributed by atoms with Crippen LogP contribution in [0.15, 0.2) is 48.1 Å². The Morgan fingerprint density at radius 2 is 2.22 bits per heavy atom. The summed E-state index contributed by atoms with van der Waals surface area (Å²) in [6.45, 7) is 2.93. The molecule has 94 valence electrons. The van der Waals surface area contributed by atoms with Gasteiger partial charge in [-0.25, -0.2) is 4.79 Å². The molecular formula is C15H17NO2. The lowest BCUT2D eigenvalue weighted by atomic mass is 10.1. The average Bonchev–Trinajstić information content (AvgIpc) is 2.86. The van der Waals surface area contributed by atoms with Gasteiger partial charge in [-0.05, 0) is 12.5 Å².